The zero-order valence-corrected chi connectivity index (χ0v) is 21.3. The molecule has 0 radical (unpaired) electrons. The van der Waals surface area contributed by atoms with Gasteiger partial charge < -0.3 is 14.4 Å². The Hall–Kier alpha value is -3.75. The predicted octanol–water partition coefficient (Wildman–Crippen LogP) is 5.51. The zero-order valence-electron chi connectivity index (χ0n) is 19.8. The first kappa shape index (κ1) is 24.0. The molecule has 5 rings (SSSR count). The van der Waals surface area contributed by atoms with Crippen molar-refractivity contribution in [2.75, 3.05) is 14.2 Å². The molecule has 36 heavy (non-hydrogen) atoms. The van der Waals surface area contributed by atoms with Crippen molar-refractivity contribution < 1.29 is 17.9 Å². The van der Waals surface area contributed by atoms with Crippen LogP contribution in [0.5, 0.6) is 11.5 Å². The highest BCUT2D eigenvalue weighted by Crippen LogP contribution is 2.38. The van der Waals surface area contributed by atoms with Gasteiger partial charge in [-0.2, -0.15) is 0 Å². The molecule has 0 aliphatic carbocycles. The molecule has 3 aromatic carbocycles. The smallest absolute Gasteiger partial charge is 0.266 e. The molecule has 0 bridgehead atoms. The fourth-order valence-electron chi connectivity index (χ4n) is 4.13. The molecule has 2 heterocycles. The average molecular weight is 522 g/mol. The van der Waals surface area contributed by atoms with Crippen molar-refractivity contribution in [3.63, 3.8) is 0 Å². The van der Waals surface area contributed by atoms with E-state index >= 15 is 0 Å². The van der Waals surface area contributed by atoms with Gasteiger partial charge in [-0.15, -0.1) is 0 Å². The van der Waals surface area contributed by atoms with Gasteiger partial charge in [-0.1, -0.05) is 35.9 Å². The number of rotatable bonds is 6. The first-order chi connectivity index (χ1) is 17.4. The summed E-state index contributed by atoms with van der Waals surface area (Å²) in [7, 11) is -0.724. The summed E-state index contributed by atoms with van der Waals surface area (Å²) in [5.41, 5.74) is 2.61. The lowest BCUT2D eigenvalue weighted by molar-refractivity contribution is 0.414. The summed E-state index contributed by atoms with van der Waals surface area (Å²) >= 11 is 6.24. The maximum Gasteiger partial charge on any atom is 0.266 e. The van der Waals surface area contributed by atoms with Crippen LogP contribution in [0.1, 0.15) is 11.1 Å². The van der Waals surface area contributed by atoms with Crippen molar-refractivity contribution in [2.24, 2.45) is 4.99 Å². The second kappa shape index (κ2) is 9.72. The number of benzene rings is 3. The average Bonchev–Trinajstić information content (AvgIpc) is 2.97. The molecule has 0 amide bonds. The topological polar surface area (TPSA) is 71.4 Å². The molecule has 0 N–H and O–H groups in total. The number of nitrogens with zero attached hydrogens (tertiary/aromatic N) is 3. The van der Waals surface area contributed by atoms with E-state index in [9.17, 15) is 8.42 Å². The molecule has 2 aliphatic rings. The van der Waals surface area contributed by atoms with Gasteiger partial charge in [0.25, 0.3) is 10.0 Å². The quantitative estimate of drug-likeness (QED) is 0.428. The summed E-state index contributed by atoms with van der Waals surface area (Å²) in [5, 5.41) is 0.412. The van der Waals surface area contributed by atoms with E-state index in [-0.39, 0.29) is 11.4 Å². The number of fused-ring (bicyclic) bond motifs is 2. The molecular formula is C27H24ClN3O4S. The molecule has 7 nitrogen and oxygen atoms in total. The molecule has 3 aromatic rings. The number of amidine groups is 1. The molecular weight excluding hydrogens is 498 g/mol. The van der Waals surface area contributed by atoms with Crippen LogP contribution in [-0.4, -0.2) is 37.7 Å². The van der Waals surface area contributed by atoms with Crippen molar-refractivity contribution in [2.45, 2.75) is 18.0 Å². The lowest BCUT2D eigenvalue weighted by Crippen LogP contribution is -2.38. The summed E-state index contributed by atoms with van der Waals surface area (Å²) in [6.07, 6.45) is 5.50. The van der Waals surface area contributed by atoms with E-state index in [2.05, 4.69) is 0 Å². The molecule has 0 unspecified atom stereocenters. The van der Waals surface area contributed by atoms with E-state index in [0.29, 0.717) is 34.5 Å². The highest BCUT2D eigenvalue weighted by atomic mass is 35.5. The number of allylic oxidation sites excluding steroid dienone is 2. The standard InChI is InChI=1S/C27H24ClN3O4S/c1-34-22-10-5-19(6-11-22)17-30-15-3-4-25-27(30)29-24-16-21(28)9-14-26(24)36(32,33)31(25)18-20-7-12-23(35-2)13-8-20/h3-16H,17-18H2,1-2H3. The molecule has 0 fully saturated rings. The van der Waals surface area contributed by atoms with Crippen LogP contribution in [0.4, 0.5) is 5.69 Å². The summed E-state index contributed by atoms with van der Waals surface area (Å²) in [6, 6.07) is 19.7. The minimum absolute atomic E-state index is 0.104. The van der Waals surface area contributed by atoms with Gasteiger partial charge in [-0.05, 0) is 65.7 Å². The maximum absolute atomic E-state index is 13.9. The minimum atomic E-state index is -3.94. The van der Waals surface area contributed by atoms with Crippen LogP contribution in [0.3, 0.4) is 0 Å². The lowest BCUT2D eigenvalue weighted by Gasteiger charge is -2.32. The van der Waals surface area contributed by atoms with Crippen LogP contribution < -0.4 is 9.47 Å². The van der Waals surface area contributed by atoms with Crippen molar-refractivity contribution in [1.29, 1.82) is 0 Å². The number of halogens is 1. The van der Waals surface area contributed by atoms with E-state index in [1.54, 1.807) is 32.4 Å². The minimum Gasteiger partial charge on any atom is -0.497 e. The molecule has 0 aromatic heterocycles. The van der Waals surface area contributed by atoms with Crippen LogP contribution in [0.15, 0.2) is 101 Å². The predicted molar refractivity (Wildman–Crippen MR) is 140 cm³/mol. The Morgan fingerprint density at radius 3 is 2.08 bits per heavy atom. The maximum atomic E-state index is 13.9. The highest BCUT2D eigenvalue weighted by molar-refractivity contribution is 7.89. The number of hydrogen-bond acceptors (Lipinski definition) is 6. The third-order valence-electron chi connectivity index (χ3n) is 6.00. The van der Waals surface area contributed by atoms with E-state index < -0.39 is 10.0 Å². The number of ether oxygens (including phenoxy) is 2. The Balaban J connectivity index is 1.59. The van der Waals surface area contributed by atoms with E-state index in [1.165, 1.54) is 10.4 Å². The Kier molecular flexibility index (Phi) is 6.47. The number of sulfonamides is 1. The molecule has 9 heteroatoms. The number of aliphatic imine (C=N–C) groups is 1. The lowest BCUT2D eigenvalue weighted by atomic mass is 10.1. The Labute approximate surface area is 215 Å². The second-order valence-electron chi connectivity index (χ2n) is 8.28. The number of methoxy groups -OCH3 is 2. The molecule has 0 saturated heterocycles. The van der Waals surface area contributed by atoms with Crippen LogP contribution >= 0.6 is 11.6 Å². The van der Waals surface area contributed by atoms with Crippen LogP contribution in [0.25, 0.3) is 0 Å². The van der Waals surface area contributed by atoms with Crippen molar-refractivity contribution in [3.8, 4) is 11.5 Å². The first-order valence-corrected chi connectivity index (χ1v) is 13.0. The molecule has 184 valence electrons. The SMILES string of the molecule is COc1ccc(CN2C=CC=C3C2=Nc2cc(Cl)ccc2S(=O)(=O)N3Cc2ccc(OC)cc2)cc1. The summed E-state index contributed by atoms with van der Waals surface area (Å²) < 4.78 is 39.8. The third-order valence-corrected chi connectivity index (χ3v) is 8.04. The highest BCUT2D eigenvalue weighted by Gasteiger charge is 2.36. The Bertz CT molecular complexity index is 1480. The molecule has 2 aliphatic heterocycles. The largest absolute Gasteiger partial charge is 0.497 e. The zero-order chi connectivity index (χ0) is 25.3. The van der Waals surface area contributed by atoms with Gasteiger partial charge in [0.1, 0.15) is 16.4 Å². The van der Waals surface area contributed by atoms with Gasteiger partial charge in [0.05, 0.1) is 32.1 Å². The fraction of sp³-hybridized carbons (Fsp3) is 0.148. The fourth-order valence-corrected chi connectivity index (χ4v) is 5.86. The van der Waals surface area contributed by atoms with Gasteiger partial charge in [0, 0.05) is 17.8 Å². The number of hydrogen-bond donors (Lipinski definition) is 0. The van der Waals surface area contributed by atoms with E-state index in [1.807, 2.05) is 65.7 Å². The summed E-state index contributed by atoms with van der Waals surface area (Å²) in [4.78, 5) is 6.86. The molecule has 0 spiro atoms. The van der Waals surface area contributed by atoms with Gasteiger partial charge in [-0.25, -0.2) is 13.4 Å². The monoisotopic (exact) mass is 521 g/mol. The van der Waals surface area contributed by atoms with Crippen molar-refractivity contribution in [1.82, 2.24) is 9.21 Å². The van der Waals surface area contributed by atoms with Crippen LogP contribution in [0, 0.1) is 0 Å². The third kappa shape index (κ3) is 4.57. The summed E-state index contributed by atoms with van der Waals surface area (Å²) in [5.74, 6) is 1.98. The van der Waals surface area contributed by atoms with E-state index in [4.69, 9.17) is 26.1 Å². The van der Waals surface area contributed by atoms with Crippen molar-refractivity contribution in [3.05, 3.63) is 107 Å². The van der Waals surface area contributed by atoms with Crippen LogP contribution in [0.2, 0.25) is 5.02 Å². The van der Waals surface area contributed by atoms with E-state index in [0.717, 1.165) is 16.9 Å². The van der Waals surface area contributed by atoms with Gasteiger partial charge >= 0.3 is 0 Å². The molecule has 0 saturated carbocycles. The van der Waals surface area contributed by atoms with Gasteiger partial charge in [-0.3, -0.25) is 4.31 Å². The normalized spacial score (nSPS) is 15.9. The van der Waals surface area contributed by atoms with Gasteiger partial charge in [0.2, 0.25) is 0 Å². The Morgan fingerprint density at radius 2 is 1.47 bits per heavy atom. The summed E-state index contributed by atoms with van der Waals surface area (Å²) in [6.45, 7) is 0.618. The van der Waals surface area contributed by atoms with Crippen molar-refractivity contribution >= 4 is 33.1 Å². The molecule has 0 atom stereocenters. The Morgan fingerprint density at radius 1 is 0.861 bits per heavy atom. The van der Waals surface area contributed by atoms with Crippen LogP contribution in [-0.2, 0) is 23.1 Å². The van der Waals surface area contributed by atoms with Gasteiger partial charge in [0.15, 0.2) is 5.84 Å². The first-order valence-electron chi connectivity index (χ1n) is 11.2. The second-order valence-corrected chi connectivity index (χ2v) is 10.5.